The van der Waals surface area contributed by atoms with Gasteiger partial charge >= 0.3 is 11.7 Å². The first-order valence-electron chi connectivity index (χ1n) is 10.6. The topological polar surface area (TPSA) is 114 Å². The number of H-pyrrole nitrogens is 1. The van der Waals surface area contributed by atoms with Gasteiger partial charge in [0, 0.05) is 10.4 Å². The second kappa shape index (κ2) is 8.96. The fourth-order valence-corrected chi connectivity index (χ4v) is 5.56. The molecule has 2 aromatic carbocycles. The highest BCUT2D eigenvalue weighted by Crippen LogP contribution is 2.35. The minimum Gasteiger partial charge on any atom is -0.477 e. The lowest BCUT2D eigenvalue weighted by molar-refractivity contribution is 0.0703. The van der Waals surface area contributed by atoms with E-state index in [9.17, 15) is 14.7 Å². The van der Waals surface area contributed by atoms with Crippen LogP contribution in [0.5, 0.6) is 0 Å². The largest absolute Gasteiger partial charge is 0.477 e. The van der Waals surface area contributed by atoms with Crippen LogP contribution in [-0.4, -0.2) is 36.5 Å². The van der Waals surface area contributed by atoms with Crippen molar-refractivity contribution >= 4 is 40.1 Å². The zero-order valence-corrected chi connectivity index (χ0v) is 20.0. The van der Waals surface area contributed by atoms with Crippen LogP contribution in [0, 0.1) is 6.92 Å². The number of carbonyl (C=O) groups is 1. The predicted molar refractivity (Wildman–Crippen MR) is 133 cm³/mol. The summed E-state index contributed by atoms with van der Waals surface area (Å²) in [5.41, 5.74) is 5.27. The molecule has 0 aliphatic heterocycles. The Morgan fingerprint density at radius 3 is 2.59 bits per heavy atom. The summed E-state index contributed by atoms with van der Waals surface area (Å²) in [7, 11) is 0. The number of aromatic amines is 1. The number of aromatic nitrogens is 4. The van der Waals surface area contributed by atoms with Crippen LogP contribution in [0.4, 0.5) is 0 Å². The van der Waals surface area contributed by atoms with Gasteiger partial charge in [0.25, 0.3) is 0 Å². The van der Waals surface area contributed by atoms with E-state index >= 15 is 0 Å². The number of nitrogens with zero attached hydrogens (tertiary/aromatic N) is 3. The summed E-state index contributed by atoms with van der Waals surface area (Å²) < 4.78 is 6.66. The average molecular weight is 493 g/mol. The molecule has 0 bridgehead atoms. The molecule has 3 heterocycles. The van der Waals surface area contributed by atoms with Crippen molar-refractivity contribution in [3.05, 3.63) is 74.4 Å². The van der Waals surface area contributed by atoms with Crippen LogP contribution in [0.3, 0.4) is 0 Å². The molecule has 0 fully saturated rings. The summed E-state index contributed by atoms with van der Waals surface area (Å²) >= 11 is 2.88. The number of rotatable bonds is 7. The van der Waals surface area contributed by atoms with Gasteiger partial charge in [0.2, 0.25) is 0 Å². The fourth-order valence-electron chi connectivity index (χ4n) is 3.89. The van der Waals surface area contributed by atoms with Crippen molar-refractivity contribution in [2.45, 2.75) is 25.5 Å². The number of nitrogens with one attached hydrogen (secondary N) is 1. The molecule has 0 radical (unpaired) electrons. The zero-order chi connectivity index (χ0) is 23.8. The van der Waals surface area contributed by atoms with Gasteiger partial charge in [-0.3, -0.25) is 0 Å². The number of thiophene rings is 1. The van der Waals surface area contributed by atoms with E-state index in [1.54, 1.807) is 11.8 Å². The Morgan fingerprint density at radius 2 is 1.91 bits per heavy atom. The molecular weight excluding hydrogens is 472 g/mol. The molecule has 34 heavy (non-hydrogen) atoms. The van der Waals surface area contributed by atoms with Crippen molar-refractivity contribution in [1.82, 2.24) is 19.7 Å². The molecule has 0 saturated heterocycles. The number of carboxylic acids is 1. The standard InChI is InChI=1S/C24H20N4O4S2/c1-3-33-23-25-18-13(2)34-20(22(29)30)19(18)28(23)12-14-5-4-6-17(11-14)15-7-9-16(10-8-15)21-26-24(31)32-27-21/h4-11H,3,12H2,1-2H3,(H,29,30)(H,26,27,31). The number of imidazole rings is 1. The van der Waals surface area contributed by atoms with Crippen molar-refractivity contribution in [2.75, 3.05) is 5.75 Å². The van der Waals surface area contributed by atoms with Crippen molar-refractivity contribution in [1.29, 1.82) is 0 Å². The van der Waals surface area contributed by atoms with Crippen molar-refractivity contribution in [3.63, 3.8) is 0 Å². The molecular formula is C24H20N4O4S2. The number of hydrogen-bond donors (Lipinski definition) is 2. The quantitative estimate of drug-likeness (QED) is 0.297. The number of aryl methyl sites for hydroxylation is 1. The van der Waals surface area contributed by atoms with Gasteiger partial charge in [-0.2, -0.15) is 10.1 Å². The van der Waals surface area contributed by atoms with Crippen LogP contribution in [0.1, 0.15) is 27.0 Å². The fraction of sp³-hybridized carbons (Fsp3) is 0.167. The highest BCUT2D eigenvalue weighted by Gasteiger charge is 2.23. The smallest absolute Gasteiger partial charge is 0.460 e. The van der Waals surface area contributed by atoms with E-state index in [2.05, 4.69) is 27.7 Å². The maximum absolute atomic E-state index is 11.9. The van der Waals surface area contributed by atoms with Gasteiger partial charge in [0.05, 0.1) is 12.1 Å². The van der Waals surface area contributed by atoms with E-state index in [4.69, 9.17) is 4.98 Å². The Kier molecular flexibility index (Phi) is 5.84. The van der Waals surface area contributed by atoms with E-state index < -0.39 is 11.7 Å². The van der Waals surface area contributed by atoms with Crippen LogP contribution in [0.15, 0.2) is 63.0 Å². The van der Waals surface area contributed by atoms with Crippen molar-refractivity contribution < 1.29 is 14.4 Å². The van der Waals surface area contributed by atoms with Gasteiger partial charge in [-0.1, -0.05) is 61.2 Å². The Hall–Kier alpha value is -3.63. The molecule has 0 unspecified atom stereocenters. The summed E-state index contributed by atoms with van der Waals surface area (Å²) in [5, 5.41) is 13.1. The Balaban J connectivity index is 1.50. The van der Waals surface area contributed by atoms with Gasteiger partial charge in [0.1, 0.15) is 10.4 Å². The second-order valence-electron chi connectivity index (χ2n) is 7.61. The molecule has 5 aromatic rings. The van der Waals surface area contributed by atoms with Gasteiger partial charge in [-0.25, -0.2) is 14.6 Å². The minimum absolute atomic E-state index is 0.320. The third-order valence-electron chi connectivity index (χ3n) is 5.40. The molecule has 3 aromatic heterocycles. The van der Waals surface area contributed by atoms with Gasteiger partial charge in [0.15, 0.2) is 11.0 Å². The molecule has 0 saturated carbocycles. The van der Waals surface area contributed by atoms with Gasteiger partial charge in [-0.05, 0) is 35.4 Å². The number of thioether (sulfide) groups is 1. The zero-order valence-electron chi connectivity index (χ0n) is 18.4. The number of fused-ring (bicyclic) bond motifs is 1. The number of benzene rings is 2. The molecule has 8 nitrogen and oxygen atoms in total. The maximum Gasteiger partial charge on any atom is 0.460 e. The molecule has 5 rings (SSSR count). The number of hydrogen-bond acceptors (Lipinski definition) is 7. The molecule has 2 N–H and O–H groups in total. The lowest BCUT2D eigenvalue weighted by Crippen LogP contribution is -2.04. The third kappa shape index (κ3) is 4.06. The molecule has 0 spiro atoms. The van der Waals surface area contributed by atoms with Gasteiger partial charge in [-0.15, -0.1) is 11.3 Å². The molecule has 0 amide bonds. The Labute approximate surface area is 202 Å². The van der Waals surface area contributed by atoms with E-state index in [1.807, 2.05) is 54.0 Å². The van der Waals surface area contributed by atoms with Crippen LogP contribution >= 0.6 is 23.1 Å². The SMILES string of the molecule is CCSc1nc2c(C)sc(C(=O)O)c2n1Cc1cccc(-c2ccc(-c3nc(=O)o[nH]3)cc2)c1. The predicted octanol–water partition coefficient (Wildman–Crippen LogP) is 5.28. The van der Waals surface area contributed by atoms with Crippen LogP contribution in [0.25, 0.3) is 33.5 Å². The van der Waals surface area contributed by atoms with E-state index in [0.29, 0.717) is 22.8 Å². The summed E-state index contributed by atoms with van der Waals surface area (Å²) in [4.78, 5) is 32.8. The molecule has 0 aliphatic carbocycles. The van der Waals surface area contributed by atoms with Gasteiger partial charge < -0.3 is 14.2 Å². The lowest BCUT2D eigenvalue weighted by Gasteiger charge is -2.11. The average Bonchev–Trinajstić information content (AvgIpc) is 3.51. The highest BCUT2D eigenvalue weighted by molar-refractivity contribution is 7.99. The first-order valence-corrected chi connectivity index (χ1v) is 12.4. The normalized spacial score (nSPS) is 11.4. The second-order valence-corrected chi connectivity index (χ2v) is 10.1. The van der Waals surface area contributed by atoms with Crippen molar-refractivity contribution in [3.8, 4) is 22.5 Å². The minimum atomic E-state index is -0.931. The molecule has 172 valence electrons. The summed E-state index contributed by atoms with van der Waals surface area (Å²) in [5.74, 6) is -0.364. The summed E-state index contributed by atoms with van der Waals surface area (Å²) in [6, 6.07) is 15.8. The molecule has 10 heteroatoms. The number of aromatic carboxylic acids is 1. The molecule has 0 atom stereocenters. The van der Waals surface area contributed by atoms with Crippen molar-refractivity contribution in [2.24, 2.45) is 0 Å². The Morgan fingerprint density at radius 1 is 1.15 bits per heavy atom. The van der Waals surface area contributed by atoms with E-state index in [0.717, 1.165) is 43.6 Å². The summed E-state index contributed by atoms with van der Waals surface area (Å²) in [6.45, 7) is 4.48. The first-order chi connectivity index (χ1) is 16.4. The van der Waals surface area contributed by atoms with Crippen LogP contribution < -0.4 is 5.76 Å². The van der Waals surface area contributed by atoms with E-state index in [1.165, 1.54) is 11.3 Å². The Bertz CT molecular complexity index is 1560. The number of carboxylic acid groups (broad SMARTS) is 1. The van der Waals surface area contributed by atoms with Crippen LogP contribution in [-0.2, 0) is 6.54 Å². The maximum atomic E-state index is 11.9. The highest BCUT2D eigenvalue weighted by atomic mass is 32.2. The molecule has 0 aliphatic rings. The van der Waals surface area contributed by atoms with Crippen LogP contribution in [0.2, 0.25) is 0 Å². The first kappa shape index (κ1) is 22.2. The summed E-state index contributed by atoms with van der Waals surface area (Å²) in [6.07, 6.45) is 0. The third-order valence-corrected chi connectivity index (χ3v) is 7.33. The monoisotopic (exact) mass is 492 g/mol. The lowest BCUT2D eigenvalue weighted by atomic mass is 10.0. The van der Waals surface area contributed by atoms with E-state index in [-0.39, 0.29) is 0 Å².